The van der Waals surface area contributed by atoms with Crippen LogP contribution in [0.15, 0.2) is 36.0 Å². The molecule has 2 aromatic heterocycles. The number of anilines is 1. The van der Waals surface area contributed by atoms with Gasteiger partial charge < -0.3 is 9.64 Å². The Hall–Kier alpha value is -2.34. The zero-order chi connectivity index (χ0) is 14.4. The van der Waals surface area contributed by atoms with Crippen molar-refractivity contribution in [2.45, 2.75) is 6.92 Å². The minimum Gasteiger partial charge on any atom is -0.482 e. The fraction of sp³-hybridized carbons (Fsp3) is 0.200. The van der Waals surface area contributed by atoms with Crippen molar-refractivity contribution in [1.29, 1.82) is 0 Å². The third-order valence-corrected chi connectivity index (χ3v) is 4.51. The molecule has 1 aliphatic heterocycles. The molecule has 0 spiro atoms. The molecule has 3 aromatic rings. The van der Waals surface area contributed by atoms with Crippen molar-refractivity contribution in [3.8, 4) is 17.0 Å². The second kappa shape index (κ2) is 4.60. The van der Waals surface area contributed by atoms with Gasteiger partial charge >= 0.3 is 0 Å². The van der Waals surface area contributed by atoms with Crippen LogP contribution in [0.4, 0.5) is 5.69 Å². The van der Waals surface area contributed by atoms with Gasteiger partial charge in [-0.3, -0.25) is 9.20 Å². The largest absolute Gasteiger partial charge is 0.482 e. The van der Waals surface area contributed by atoms with Gasteiger partial charge in [-0.2, -0.15) is 0 Å². The Bertz CT molecular complexity index is 836. The van der Waals surface area contributed by atoms with E-state index in [1.165, 1.54) is 0 Å². The first kappa shape index (κ1) is 12.4. The third kappa shape index (κ3) is 1.83. The molecule has 1 aliphatic rings. The molecule has 1 amide bonds. The zero-order valence-electron chi connectivity index (χ0n) is 11.4. The Morgan fingerprint density at radius 1 is 1.43 bits per heavy atom. The number of aromatic nitrogens is 2. The Kier molecular flexibility index (Phi) is 2.71. The van der Waals surface area contributed by atoms with E-state index < -0.39 is 0 Å². The molecule has 4 rings (SSSR count). The van der Waals surface area contributed by atoms with E-state index in [0.29, 0.717) is 6.54 Å². The van der Waals surface area contributed by atoms with Gasteiger partial charge in [-0.1, -0.05) is 0 Å². The van der Waals surface area contributed by atoms with Crippen molar-refractivity contribution in [1.82, 2.24) is 9.38 Å². The number of rotatable bonds is 2. The van der Waals surface area contributed by atoms with Crippen molar-refractivity contribution in [2.75, 3.05) is 18.1 Å². The quantitative estimate of drug-likeness (QED) is 0.731. The van der Waals surface area contributed by atoms with Crippen molar-refractivity contribution < 1.29 is 9.53 Å². The highest BCUT2D eigenvalue weighted by molar-refractivity contribution is 7.15. The van der Waals surface area contributed by atoms with Gasteiger partial charge in [-0.05, 0) is 25.1 Å². The minimum atomic E-state index is 0.000228. The number of hydrogen-bond acceptors (Lipinski definition) is 4. The number of carbonyl (C=O) groups is 1. The van der Waals surface area contributed by atoms with Crippen LogP contribution >= 0.6 is 11.3 Å². The van der Waals surface area contributed by atoms with Crippen LogP contribution in [-0.2, 0) is 4.79 Å². The molecule has 5 nitrogen and oxygen atoms in total. The van der Waals surface area contributed by atoms with E-state index in [-0.39, 0.29) is 12.5 Å². The third-order valence-electron chi connectivity index (χ3n) is 3.66. The highest BCUT2D eigenvalue weighted by Crippen LogP contribution is 2.36. The highest BCUT2D eigenvalue weighted by atomic mass is 32.1. The Balaban J connectivity index is 1.87. The summed E-state index contributed by atoms with van der Waals surface area (Å²) in [6, 6.07) is 5.96. The first-order chi connectivity index (χ1) is 10.3. The standard InChI is InChI=1S/C15H13N3O2S/c1-2-17-11-7-10(3-4-13(11)20-8-14(17)19)12-9-21-15-16-5-6-18(12)15/h3-7,9H,2,8H2,1H3. The van der Waals surface area contributed by atoms with Crippen LogP contribution in [-0.4, -0.2) is 28.4 Å². The number of benzene rings is 1. The predicted octanol–water partition coefficient (Wildman–Crippen LogP) is 2.81. The van der Waals surface area contributed by atoms with Crippen LogP contribution in [0.25, 0.3) is 16.2 Å². The van der Waals surface area contributed by atoms with Crippen molar-refractivity contribution in [3.05, 3.63) is 36.0 Å². The predicted molar refractivity (Wildman–Crippen MR) is 82.0 cm³/mol. The second-order valence-corrected chi connectivity index (χ2v) is 5.65. The summed E-state index contributed by atoms with van der Waals surface area (Å²) in [5.41, 5.74) is 2.96. The molecular weight excluding hydrogens is 286 g/mol. The van der Waals surface area contributed by atoms with Gasteiger partial charge in [0.1, 0.15) is 5.75 Å². The van der Waals surface area contributed by atoms with E-state index in [1.807, 2.05) is 35.7 Å². The van der Waals surface area contributed by atoms with Gasteiger partial charge in [0.25, 0.3) is 5.91 Å². The van der Waals surface area contributed by atoms with Crippen LogP contribution in [0, 0.1) is 0 Å². The average molecular weight is 299 g/mol. The number of ether oxygens (including phenoxy) is 1. The Morgan fingerprint density at radius 2 is 2.33 bits per heavy atom. The van der Waals surface area contributed by atoms with E-state index in [9.17, 15) is 4.79 Å². The van der Waals surface area contributed by atoms with Gasteiger partial charge in [0.15, 0.2) is 11.6 Å². The number of fused-ring (bicyclic) bond motifs is 2. The second-order valence-electron chi connectivity index (χ2n) is 4.81. The summed E-state index contributed by atoms with van der Waals surface area (Å²) in [6.07, 6.45) is 3.73. The topological polar surface area (TPSA) is 46.8 Å². The Morgan fingerprint density at radius 3 is 3.19 bits per heavy atom. The van der Waals surface area contributed by atoms with Gasteiger partial charge in [0, 0.05) is 29.9 Å². The molecule has 0 aliphatic carbocycles. The summed E-state index contributed by atoms with van der Waals surface area (Å²) in [5, 5.41) is 2.08. The molecule has 106 valence electrons. The summed E-state index contributed by atoms with van der Waals surface area (Å²) in [7, 11) is 0. The molecule has 0 N–H and O–H groups in total. The lowest BCUT2D eigenvalue weighted by molar-refractivity contribution is -0.121. The smallest absolute Gasteiger partial charge is 0.265 e. The molecule has 0 bridgehead atoms. The molecule has 0 radical (unpaired) electrons. The number of likely N-dealkylation sites (N-methyl/N-ethyl adjacent to an activating group) is 1. The monoisotopic (exact) mass is 299 g/mol. The average Bonchev–Trinajstić information content (AvgIpc) is 3.09. The summed E-state index contributed by atoms with van der Waals surface area (Å²) >= 11 is 1.60. The van der Waals surface area contributed by atoms with E-state index in [1.54, 1.807) is 22.4 Å². The summed E-state index contributed by atoms with van der Waals surface area (Å²) in [4.78, 5) is 19.0. The molecule has 6 heteroatoms. The summed E-state index contributed by atoms with van der Waals surface area (Å²) in [6.45, 7) is 2.73. The van der Waals surface area contributed by atoms with Gasteiger partial charge in [-0.15, -0.1) is 11.3 Å². The fourth-order valence-corrected chi connectivity index (χ4v) is 3.50. The molecule has 0 unspecified atom stereocenters. The molecule has 0 saturated heterocycles. The maximum absolute atomic E-state index is 11.9. The molecule has 21 heavy (non-hydrogen) atoms. The van der Waals surface area contributed by atoms with Crippen LogP contribution in [0.2, 0.25) is 0 Å². The van der Waals surface area contributed by atoms with Crippen LogP contribution in [0.1, 0.15) is 6.92 Å². The fourth-order valence-electron chi connectivity index (χ4n) is 2.64. The number of thiazole rings is 1. The number of imidazole rings is 1. The number of amides is 1. The summed E-state index contributed by atoms with van der Waals surface area (Å²) < 4.78 is 7.55. The first-order valence-electron chi connectivity index (χ1n) is 6.76. The van der Waals surface area contributed by atoms with Crippen molar-refractivity contribution >= 4 is 27.9 Å². The maximum Gasteiger partial charge on any atom is 0.265 e. The van der Waals surface area contributed by atoms with E-state index in [0.717, 1.165) is 27.7 Å². The maximum atomic E-state index is 11.9. The highest BCUT2D eigenvalue weighted by Gasteiger charge is 2.24. The molecule has 0 fully saturated rings. The summed E-state index contributed by atoms with van der Waals surface area (Å²) in [5.74, 6) is 0.762. The van der Waals surface area contributed by atoms with Crippen LogP contribution < -0.4 is 9.64 Å². The van der Waals surface area contributed by atoms with Gasteiger partial charge in [-0.25, -0.2) is 4.98 Å². The van der Waals surface area contributed by atoms with E-state index in [2.05, 4.69) is 10.4 Å². The first-order valence-corrected chi connectivity index (χ1v) is 7.64. The normalized spacial score (nSPS) is 14.3. The van der Waals surface area contributed by atoms with E-state index in [4.69, 9.17) is 4.74 Å². The van der Waals surface area contributed by atoms with Gasteiger partial charge in [0.05, 0.1) is 11.4 Å². The molecule has 3 heterocycles. The Labute approximate surface area is 125 Å². The van der Waals surface area contributed by atoms with Crippen molar-refractivity contribution in [2.24, 2.45) is 0 Å². The zero-order valence-corrected chi connectivity index (χ0v) is 12.3. The lowest BCUT2D eigenvalue weighted by atomic mass is 10.1. The van der Waals surface area contributed by atoms with Crippen molar-refractivity contribution in [3.63, 3.8) is 0 Å². The molecule has 1 aromatic carbocycles. The number of hydrogen-bond donors (Lipinski definition) is 0. The lowest BCUT2D eigenvalue weighted by Gasteiger charge is -2.28. The molecular formula is C15H13N3O2S. The lowest BCUT2D eigenvalue weighted by Crippen LogP contribution is -2.38. The number of carbonyl (C=O) groups excluding carboxylic acids is 1. The van der Waals surface area contributed by atoms with Crippen LogP contribution in [0.3, 0.4) is 0 Å². The molecule has 0 atom stereocenters. The molecule has 0 saturated carbocycles. The SMILES string of the molecule is CCN1C(=O)COc2ccc(-c3csc4nccn34)cc21. The van der Waals surface area contributed by atoms with Gasteiger partial charge in [0.2, 0.25) is 0 Å². The van der Waals surface area contributed by atoms with E-state index >= 15 is 0 Å². The minimum absolute atomic E-state index is 0.000228. The number of nitrogens with zero attached hydrogens (tertiary/aromatic N) is 3. The van der Waals surface area contributed by atoms with Crippen LogP contribution in [0.5, 0.6) is 5.75 Å².